The van der Waals surface area contributed by atoms with Gasteiger partial charge < -0.3 is 4.74 Å². The molecule has 0 radical (unpaired) electrons. The Hall–Kier alpha value is -1.56. The lowest BCUT2D eigenvalue weighted by Crippen LogP contribution is -2.08. The Labute approximate surface area is 127 Å². The Balaban J connectivity index is 2.39. The molecule has 1 nitrogen and oxygen atoms in total. The molecule has 0 bridgehead atoms. The number of hydrogen-bond acceptors (Lipinski definition) is 1. The van der Waals surface area contributed by atoms with Crippen LogP contribution in [0.4, 0.5) is 17.6 Å². The van der Waals surface area contributed by atoms with Gasteiger partial charge in [-0.25, -0.2) is 4.39 Å². The first kappa shape index (κ1) is 15.8. The first-order chi connectivity index (χ1) is 9.81. The van der Waals surface area contributed by atoms with Gasteiger partial charge >= 0.3 is 6.18 Å². The second-order valence-electron chi connectivity index (χ2n) is 4.49. The standard InChI is InChI=1S/C15H11BrF4O/c1-9-2-5-13(17)14(6-9)21-11-4-3-10(8-16)12(7-11)15(18,19)20/h2-7H,8H2,1H3. The second-order valence-corrected chi connectivity index (χ2v) is 5.05. The van der Waals surface area contributed by atoms with Gasteiger partial charge in [-0.3, -0.25) is 0 Å². The van der Waals surface area contributed by atoms with Gasteiger partial charge in [0.15, 0.2) is 11.6 Å². The van der Waals surface area contributed by atoms with Gasteiger partial charge in [0.05, 0.1) is 5.56 Å². The molecule has 0 saturated heterocycles. The predicted molar refractivity (Wildman–Crippen MR) is 75.3 cm³/mol. The van der Waals surface area contributed by atoms with Crippen LogP contribution in [0.3, 0.4) is 0 Å². The van der Waals surface area contributed by atoms with E-state index in [0.717, 1.165) is 11.6 Å². The predicted octanol–water partition coefficient (Wildman–Crippen LogP) is 5.84. The van der Waals surface area contributed by atoms with E-state index in [-0.39, 0.29) is 22.4 Å². The van der Waals surface area contributed by atoms with Gasteiger partial charge in [0.2, 0.25) is 0 Å². The normalized spacial score (nSPS) is 11.5. The summed E-state index contributed by atoms with van der Waals surface area (Å²) in [6.07, 6.45) is -4.49. The van der Waals surface area contributed by atoms with Crippen molar-refractivity contribution in [2.24, 2.45) is 0 Å². The third kappa shape index (κ3) is 3.75. The van der Waals surface area contributed by atoms with E-state index in [2.05, 4.69) is 15.9 Å². The zero-order chi connectivity index (χ0) is 15.6. The van der Waals surface area contributed by atoms with Crippen LogP contribution in [0, 0.1) is 12.7 Å². The number of halogens is 5. The summed E-state index contributed by atoms with van der Waals surface area (Å²) in [6.45, 7) is 1.74. The van der Waals surface area contributed by atoms with Crippen LogP contribution in [0.2, 0.25) is 0 Å². The van der Waals surface area contributed by atoms with E-state index in [9.17, 15) is 17.6 Å². The fourth-order valence-electron chi connectivity index (χ4n) is 1.82. The van der Waals surface area contributed by atoms with E-state index in [1.807, 2.05) is 0 Å². The van der Waals surface area contributed by atoms with Crippen molar-refractivity contribution < 1.29 is 22.3 Å². The molecule has 0 atom stereocenters. The average Bonchev–Trinajstić information content (AvgIpc) is 2.42. The van der Waals surface area contributed by atoms with E-state index in [4.69, 9.17) is 4.74 Å². The number of rotatable bonds is 3. The van der Waals surface area contributed by atoms with E-state index in [0.29, 0.717) is 0 Å². The molecule has 6 heteroatoms. The van der Waals surface area contributed by atoms with E-state index in [1.165, 1.54) is 24.3 Å². The molecular formula is C15H11BrF4O. The van der Waals surface area contributed by atoms with Crippen LogP contribution in [-0.4, -0.2) is 0 Å². The van der Waals surface area contributed by atoms with Crippen molar-refractivity contribution in [2.45, 2.75) is 18.4 Å². The molecule has 2 aromatic rings. The van der Waals surface area contributed by atoms with Crippen LogP contribution in [-0.2, 0) is 11.5 Å². The number of benzene rings is 2. The molecule has 21 heavy (non-hydrogen) atoms. The molecule has 2 rings (SSSR count). The zero-order valence-corrected chi connectivity index (χ0v) is 12.6. The Kier molecular flexibility index (Phi) is 4.56. The molecule has 0 spiro atoms. The maximum absolute atomic E-state index is 13.6. The highest BCUT2D eigenvalue weighted by Crippen LogP contribution is 2.36. The molecule has 0 heterocycles. The van der Waals surface area contributed by atoms with Crippen molar-refractivity contribution in [1.82, 2.24) is 0 Å². The van der Waals surface area contributed by atoms with Gasteiger partial charge in [0.1, 0.15) is 5.75 Å². The third-order valence-corrected chi connectivity index (χ3v) is 3.45. The summed E-state index contributed by atoms with van der Waals surface area (Å²) in [4.78, 5) is 0. The minimum atomic E-state index is -4.49. The van der Waals surface area contributed by atoms with Crippen LogP contribution in [0.25, 0.3) is 0 Å². The summed E-state index contributed by atoms with van der Waals surface area (Å²) >= 11 is 3.01. The lowest BCUT2D eigenvalue weighted by molar-refractivity contribution is -0.138. The number of ether oxygens (including phenoxy) is 1. The molecule has 0 fully saturated rings. The molecular weight excluding hydrogens is 352 g/mol. The van der Waals surface area contributed by atoms with Crippen LogP contribution in [0.1, 0.15) is 16.7 Å². The Morgan fingerprint density at radius 3 is 2.43 bits per heavy atom. The average molecular weight is 363 g/mol. The summed E-state index contributed by atoms with van der Waals surface area (Å²) in [5.41, 5.74) is 0.0454. The van der Waals surface area contributed by atoms with E-state index < -0.39 is 17.6 Å². The largest absolute Gasteiger partial charge is 0.454 e. The Bertz CT molecular complexity index is 653. The first-order valence-corrected chi connectivity index (χ1v) is 7.13. The maximum Gasteiger partial charge on any atom is 0.416 e. The van der Waals surface area contributed by atoms with Crippen LogP contribution in [0.15, 0.2) is 36.4 Å². The first-order valence-electron chi connectivity index (χ1n) is 6.01. The quantitative estimate of drug-likeness (QED) is 0.492. The summed E-state index contributed by atoms with van der Waals surface area (Å²) in [5, 5.41) is 0.0704. The lowest BCUT2D eigenvalue weighted by atomic mass is 10.1. The third-order valence-electron chi connectivity index (χ3n) is 2.85. The summed E-state index contributed by atoms with van der Waals surface area (Å²) in [6, 6.07) is 7.76. The van der Waals surface area contributed by atoms with Crippen LogP contribution in [0.5, 0.6) is 11.5 Å². The van der Waals surface area contributed by atoms with Gasteiger partial charge in [-0.1, -0.05) is 28.1 Å². The minimum absolute atomic E-state index is 0.0588. The molecule has 0 unspecified atom stereocenters. The minimum Gasteiger partial charge on any atom is -0.454 e. The van der Waals surface area contributed by atoms with Crippen molar-refractivity contribution in [3.8, 4) is 11.5 Å². The molecule has 0 aromatic heterocycles. The molecule has 0 aliphatic carbocycles. The van der Waals surface area contributed by atoms with Crippen molar-refractivity contribution in [3.63, 3.8) is 0 Å². The van der Waals surface area contributed by atoms with Gasteiger partial charge in [-0.15, -0.1) is 0 Å². The van der Waals surface area contributed by atoms with Gasteiger partial charge in [0, 0.05) is 5.33 Å². The fraction of sp³-hybridized carbons (Fsp3) is 0.200. The molecule has 0 N–H and O–H groups in total. The highest BCUT2D eigenvalue weighted by Gasteiger charge is 2.33. The van der Waals surface area contributed by atoms with Gasteiger partial charge in [0.25, 0.3) is 0 Å². The number of hydrogen-bond donors (Lipinski definition) is 0. The molecule has 0 aliphatic rings. The zero-order valence-electron chi connectivity index (χ0n) is 11.0. The van der Waals surface area contributed by atoms with Crippen molar-refractivity contribution in [3.05, 3.63) is 58.9 Å². The lowest BCUT2D eigenvalue weighted by Gasteiger charge is -2.14. The number of alkyl halides is 4. The molecule has 0 amide bonds. The molecule has 2 aromatic carbocycles. The van der Waals surface area contributed by atoms with E-state index >= 15 is 0 Å². The van der Waals surface area contributed by atoms with E-state index in [1.54, 1.807) is 13.0 Å². The van der Waals surface area contributed by atoms with Crippen molar-refractivity contribution in [1.29, 1.82) is 0 Å². The summed E-state index contributed by atoms with van der Waals surface area (Å²) < 4.78 is 57.7. The topological polar surface area (TPSA) is 9.23 Å². The highest BCUT2D eigenvalue weighted by atomic mass is 79.9. The maximum atomic E-state index is 13.6. The SMILES string of the molecule is Cc1ccc(F)c(Oc2ccc(CBr)c(C(F)(F)F)c2)c1. The van der Waals surface area contributed by atoms with Crippen LogP contribution >= 0.6 is 15.9 Å². The Morgan fingerprint density at radius 2 is 1.81 bits per heavy atom. The van der Waals surface area contributed by atoms with Crippen molar-refractivity contribution in [2.75, 3.05) is 0 Å². The fourth-order valence-corrected chi connectivity index (χ4v) is 2.30. The molecule has 112 valence electrons. The van der Waals surface area contributed by atoms with Gasteiger partial charge in [-0.2, -0.15) is 13.2 Å². The molecule has 0 saturated carbocycles. The summed E-state index contributed by atoms with van der Waals surface area (Å²) in [5.74, 6) is -0.787. The van der Waals surface area contributed by atoms with Crippen molar-refractivity contribution >= 4 is 15.9 Å². The number of aryl methyl sites for hydroxylation is 1. The Morgan fingerprint density at radius 1 is 1.10 bits per heavy atom. The molecule has 0 aliphatic heterocycles. The van der Waals surface area contributed by atoms with Gasteiger partial charge in [-0.05, 0) is 42.3 Å². The second kappa shape index (κ2) is 6.05. The monoisotopic (exact) mass is 362 g/mol. The summed E-state index contributed by atoms with van der Waals surface area (Å²) in [7, 11) is 0. The highest BCUT2D eigenvalue weighted by molar-refractivity contribution is 9.08. The van der Waals surface area contributed by atoms with Crippen LogP contribution < -0.4 is 4.74 Å². The smallest absolute Gasteiger partial charge is 0.416 e.